The minimum Gasteiger partial charge on any atom is -0.373 e. The van der Waals surface area contributed by atoms with E-state index in [0.29, 0.717) is 23.1 Å². The maximum atomic E-state index is 13.5. The fourth-order valence-electron chi connectivity index (χ4n) is 1.55. The molecule has 0 atom stereocenters. The van der Waals surface area contributed by atoms with Gasteiger partial charge in [0.2, 0.25) is 0 Å². The second-order valence-electron chi connectivity index (χ2n) is 3.76. The molecule has 0 saturated heterocycles. The van der Waals surface area contributed by atoms with Gasteiger partial charge in [-0.1, -0.05) is 19.1 Å². The molecule has 1 aromatic carbocycles. The van der Waals surface area contributed by atoms with Crippen molar-refractivity contribution in [3.8, 4) is 0 Å². The molecule has 2 N–H and O–H groups in total. The van der Waals surface area contributed by atoms with Gasteiger partial charge in [-0.3, -0.25) is 0 Å². The maximum Gasteiger partial charge on any atom is 0.146 e. The van der Waals surface area contributed by atoms with Gasteiger partial charge < -0.3 is 10.6 Å². The van der Waals surface area contributed by atoms with Crippen molar-refractivity contribution in [2.75, 3.05) is 17.7 Å². The topological polar surface area (TPSA) is 49.8 Å². The summed E-state index contributed by atoms with van der Waals surface area (Å²) in [7, 11) is 1.79. The van der Waals surface area contributed by atoms with Crippen LogP contribution in [0.15, 0.2) is 30.3 Å². The number of hydrogen-bond acceptors (Lipinski definition) is 4. The zero-order valence-corrected chi connectivity index (χ0v) is 10.4. The zero-order valence-electron chi connectivity index (χ0n) is 10.4. The minimum atomic E-state index is -0.305. The van der Waals surface area contributed by atoms with Crippen molar-refractivity contribution in [2.24, 2.45) is 0 Å². The second kappa shape index (κ2) is 5.44. The van der Waals surface area contributed by atoms with Crippen LogP contribution in [0.2, 0.25) is 0 Å². The van der Waals surface area contributed by atoms with Gasteiger partial charge in [-0.15, -0.1) is 0 Å². The highest BCUT2D eigenvalue weighted by atomic mass is 19.1. The lowest BCUT2D eigenvalue weighted by atomic mass is 10.3. The molecule has 4 nitrogen and oxygen atoms in total. The molecule has 0 spiro atoms. The SMILES string of the molecule is CCc1nc(NC)cc(Nc2ccccc2F)n1. The van der Waals surface area contributed by atoms with Crippen molar-refractivity contribution < 1.29 is 4.39 Å². The number of benzene rings is 1. The van der Waals surface area contributed by atoms with E-state index < -0.39 is 0 Å². The molecule has 5 heteroatoms. The lowest BCUT2D eigenvalue weighted by molar-refractivity contribution is 0.632. The van der Waals surface area contributed by atoms with Crippen LogP contribution < -0.4 is 10.6 Å². The van der Waals surface area contributed by atoms with Crippen LogP contribution in [0.1, 0.15) is 12.7 Å². The number of nitrogens with one attached hydrogen (secondary N) is 2. The second-order valence-corrected chi connectivity index (χ2v) is 3.76. The molecule has 18 heavy (non-hydrogen) atoms. The third-order valence-corrected chi connectivity index (χ3v) is 2.48. The van der Waals surface area contributed by atoms with Crippen LogP contribution in [0.25, 0.3) is 0 Å². The summed E-state index contributed by atoms with van der Waals surface area (Å²) in [5.41, 5.74) is 0.403. The molecule has 0 radical (unpaired) electrons. The maximum absolute atomic E-state index is 13.5. The third kappa shape index (κ3) is 2.74. The van der Waals surface area contributed by atoms with E-state index in [1.54, 1.807) is 31.3 Å². The van der Waals surface area contributed by atoms with Crippen LogP contribution in [0, 0.1) is 5.82 Å². The molecular weight excluding hydrogens is 231 g/mol. The smallest absolute Gasteiger partial charge is 0.146 e. The Morgan fingerprint density at radius 1 is 1.17 bits per heavy atom. The number of nitrogens with zero attached hydrogens (tertiary/aromatic N) is 2. The molecule has 0 amide bonds. The van der Waals surface area contributed by atoms with Gasteiger partial charge in [0.15, 0.2) is 0 Å². The number of hydrogen-bond donors (Lipinski definition) is 2. The molecule has 0 bridgehead atoms. The van der Waals surface area contributed by atoms with E-state index in [4.69, 9.17) is 0 Å². The molecule has 2 aromatic rings. The van der Waals surface area contributed by atoms with Crippen LogP contribution >= 0.6 is 0 Å². The Balaban J connectivity index is 2.31. The first kappa shape index (κ1) is 12.3. The Hall–Kier alpha value is -2.17. The number of halogens is 1. The standard InChI is InChI=1S/C13H15FN4/c1-3-11-17-12(15-2)8-13(18-11)16-10-7-5-4-6-9(10)14/h4-8H,3H2,1-2H3,(H2,15,16,17,18). The van der Waals surface area contributed by atoms with E-state index in [9.17, 15) is 4.39 Å². The largest absolute Gasteiger partial charge is 0.373 e. The molecule has 0 saturated carbocycles. The first-order valence-electron chi connectivity index (χ1n) is 5.80. The summed E-state index contributed by atoms with van der Waals surface area (Å²) >= 11 is 0. The van der Waals surface area contributed by atoms with Crippen molar-refractivity contribution in [2.45, 2.75) is 13.3 Å². The first-order valence-corrected chi connectivity index (χ1v) is 5.80. The van der Waals surface area contributed by atoms with Crippen LogP contribution in [0.4, 0.5) is 21.7 Å². The fraction of sp³-hybridized carbons (Fsp3) is 0.231. The van der Waals surface area contributed by atoms with Crippen molar-refractivity contribution in [3.05, 3.63) is 42.0 Å². The molecule has 94 valence electrons. The van der Waals surface area contributed by atoms with Crippen LogP contribution in [0.5, 0.6) is 0 Å². The molecule has 0 unspecified atom stereocenters. The minimum absolute atomic E-state index is 0.305. The van der Waals surface area contributed by atoms with Gasteiger partial charge in [0.1, 0.15) is 23.3 Å². The van der Waals surface area contributed by atoms with E-state index in [0.717, 1.165) is 6.42 Å². The van der Waals surface area contributed by atoms with Crippen molar-refractivity contribution >= 4 is 17.3 Å². The van der Waals surface area contributed by atoms with E-state index in [2.05, 4.69) is 20.6 Å². The normalized spacial score (nSPS) is 10.2. The Morgan fingerprint density at radius 2 is 1.89 bits per heavy atom. The van der Waals surface area contributed by atoms with E-state index >= 15 is 0 Å². The van der Waals surface area contributed by atoms with Gasteiger partial charge in [0.05, 0.1) is 5.69 Å². The summed E-state index contributed by atoms with van der Waals surface area (Å²) < 4.78 is 13.5. The summed E-state index contributed by atoms with van der Waals surface area (Å²) in [6, 6.07) is 8.24. The Kier molecular flexibility index (Phi) is 3.72. The lowest BCUT2D eigenvalue weighted by Crippen LogP contribution is -2.03. The van der Waals surface area contributed by atoms with E-state index in [1.165, 1.54) is 6.07 Å². The third-order valence-electron chi connectivity index (χ3n) is 2.48. The average molecular weight is 246 g/mol. The Morgan fingerprint density at radius 3 is 2.56 bits per heavy atom. The molecule has 1 heterocycles. The summed E-state index contributed by atoms with van der Waals surface area (Å²) in [6.07, 6.45) is 0.724. The predicted molar refractivity (Wildman–Crippen MR) is 70.6 cm³/mol. The number of aryl methyl sites for hydroxylation is 1. The quantitative estimate of drug-likeness (QED) is 0.870. The number of anilines is 3. The first-order chi connectivity index (χ1) is 8.72. The Labute approximate surface area is 105 Å². The molecule has 0 aliphatic heterocycles. The van der Waals surface area contributed by atoms with E-state index in [1.807, 2.05) is 6.92 Å². The van der Waals surface area contributed by atoms with Gasteiger partial charge in [0.25, 0.3) is 0 Å². The number of rotatable bonds is 4. The monoisotopic (exact) mass is 246 g/mol. The van der Waals surface area contributed by atoms with Gasteiger partial charge in [-0.25, -0.2) is 14.4 Å². The summed E-state index contributed by atoms with van der Waals surface area (Å²) in [5.74, 6) is 1.69. The summed E-state index contributed by atoms with van der Waals surface area (Å²) in [6.45, 7) is 1.97. The number of para-hydroxylation sites is 1. The molecule has 0 aliphatic carbocycles. The highest BCUT2D eigenvalue weighted by Gasteiger charge is 2.05. The van der Waals surface area contributed by atoms with Gasteiger partial charge >= 0.3 is 0 Å². The summed E-state index contributed by atoms with van der Waals surface area (Å²) in [4.78, 5) is 8.59. The van der Waals surface area contributed by atoms with Crippen molar-refractivity contribution in [1.29, 1.82) is 0 Å². The predicted octanol–water partition coefficient (Wildman–Crippen LogP) is 2.96. The Bertz CT molecular complexity index is 520. The van der Waals surface area contributed by atoms with Crippen LogP contribution in [-0.2, 0) is 6.42 Å². The van der Waals surface area contributed by atoms with E-state index in [-0.39, 0.29) is 5.82 Å². The van der Waals surface area contributed by atoms with Gasteiger partial charge in [0, 0.05) is 19.5 Å². The van der Waals surface area contributed by atoms with Crippen molar-refractivity contribution in [3.63, 3.8) is 0 Å². The molecule has 0 aliphatic rings. The highest BCUT2D eigenvalue weighted by molar-refractivity contribution is 5.59. The molecule has 0 fully saturated rings. The average Bonchev–Trinajstić information content (AvgIpc) is 2.41. The fourth-order valence-corrected chi connectivity index (χ4v) is 1.55. The van der Waals surface area contributed by atoms with Gasteiger partial charge in [-0.05, 0) is 12.1 Å². The van der Waals surface area contributed by atoms with Crippen LogP contribution in [-0.4, -0.2) is 17.0 Å². The van der Waals surface area contributed by atoms with Crippen molar-refractivity contribution in [1.82, 2.24) is 9.97 Å². The lowest BCUT2D eigenvalue weighted by Gasteiger charge is -2.09. The van der Waals surface area contributed by atoms with Gasteiger partial charge in [-0.2, -0.15) is 0 Å². The zero-order chi connectivity index (χ0) is 13.0. The molecule has 2 rings (SSSR count). The summed E-state index contributed by atoms with van der Waals surface area (Å²) in [5, 5.41) is 5.91. The number of aromatic nitrogens is 2. The molecular formula is C13H15FN4. The highest BCUT2D eigenvalue weighted by Crippen LogP contribution is 2.19. The van der Waals surface area contributed by atoms with Crippen LogP contribution in [0.3, 0.4) is 0 Å². The molecule has 1 aromatic heterocycles.